The van der Waals surface area contributed by atoms with Gasteiger partial charge in [0.2, 0.25) is 6.10 Å². The van der Waals surface area contributed by atoms with Gasteiger partial charge in [0.15, 0.2) is 0 Å². The number of ether oxygens (including phenoxy) is 4. The van der Waals surface area contributed by atoms with Gasteiger partial charge in [-0.15, -0.1) is 0 Å². The van der Waals surface area contributed by atoms with E-state index < -0.39 is 35.0 Å². The van der Waals surface area contributed by atoms with Crippen LogP contribution in [0.2, 0.25) is 0 Å². The highest BCUT2D eigenvalue weighted by atomic mass is 32.1. The van der Waals surface area contributed by atoms with Gasteiger partial charge < -0.3 is 24.3 Å². The fraction of sp³-hybridized carbons (Fsp3) is 0.429. The number of carbonyl (C=O) groups excluding carboxylic acids is 3. The van der Waals surface area contributed by atoms with Crippen LogP contribution in [0.4, 0.5) is 10.5 Å². The number of nitro groups is 1. The first-order valence-electron chi connectivity index (χ1n) is 10.00. The molecule has 1 N–H and O–H groups in total. The molecule has 0 saturated heterocycles. The first-order chi connectivity index (χ1) is 15.7. The fourth-order valence-electron chi connectivity index (χ4n) is 3.31. The molecule has 0 saturated carbocycles. The maximum absolute atomic E-state index is 12.9. The summed E-state index contributed by atoms with van der Waals surface area (Å²) in [5, 5.41) is 13.8. The number of carbonyl (C=O) groups is 3. The molecule has 1 aromatic rings. The van der Waals surface area contributed by atoms with E-state index in [1.807, 2.05) is 0 Å². The number of hydrogen-bond donors (Lipinski definition) is 1. The maximum atomic E-state index is 12.9. The van der Waals surface area contributed by atoms with Crippen molar-refractivity contribution in [1.82, 2.24) is 5.32 Å². The van der Waals surface area contributed by atoms with E-state index in [2.05, 4.69) is 10.1 Å². The summed E-state index contributed by atoms with van der Waals surface area (Å²) in [6.45, 7) is 3.12. The second-order valence-electron chi connectivity index (χ2n) is 6.96. The van der Waals surface area contributed by atoms with Gasteiger partial charge in [0.1, 0.15) is 0 Å². The molecule has 12 heteroatoms. The maximum Gasteiger partial charge on any atom is 0.508 e. The number of rotatable bonds is 9. The number of methoxy groups -OCH3 is 1. The molecule has 0 radical (unpaired) electrons. The zero-order valence-corrected chi connectivity index (χ0v) is 19.1. The molecule has 0 amide bonds. The van der Waals surface area contributed by atoms with Gasteiger partial charge in [-0.25, -0.2) is 14.4 Å². The summed E-state index contributed by atoms with van der Waals surface area (Å²) in [7, 11) is 1.09. The Morgan fingerprint density at radius 2 is 2.03 bits per heavy atom. The minimum Gasteiger partial charge on any atom is -0.463 e. The Labute approximate surface area is 195 Å². The number of hydrogen-bond acceptors (Lipinski definition) is 10. The van der Waals surface area contributed by atoms with Crippen molar-refractivity contribution < 1.29 is 38.3 Å². The van der Waals surface area contributed by atoms with Gasteiger partial charge in [0, 0.05) is 36.6 Å². The van der Waals surface area contributed by atoms with Crippen molar-refractivity contribution in [2.75, 3.05) is 20.3 Å². The monoisotopic (exact) mass is 480 g/mol. The van der Waals surface area contributed by atoms with Gasteiger partial charge in [-0.2, -0.15) is 0 Å². The standard InChI is InChI=1S/C21H24N2O9S/c1-4-30-20(25)18(32-21(26)29-3)15-11-16(33)22-12(2)17(15)19(24)31-9-8-13-6-5-7-14(10-13)23(27)28/h5-7,10,15,18H,4,8-9,11H2,1-3H3,(H,22,33). The van der Waals surface area contributed by atoms with E-state index in [1.165, 1.54) is 18.2 Å². The largest absolute Gasteiger partial charge is 0.508 e. The van der Waals surface area contributed by atoms with Gasteiger partial charge in [0.25, 0.3) is 5.69 Å². The summed E-state index contributed by atoms with van der Waals surface area (Å²) in [5.74, 6) is -2.56. The van der Waals surface area contributed by atoms with E-state index in [0.29, 0.717) is 16.2 Å². The molecule has 33 heavy (non-hydrogen) atoms. The Morgan fingerprint density at radius 1 is 1.30 bits per heavy atom. The van der Waals surface area contributed by atoms with Crippen LogP contribution >= 0.6 is 12.2 Å². The summed E-state index contributed by atoms with van der Waals surface area (Å²) in [4.78, 5) is 47.9. The lowest BCUT2D eigenvalue weighted by Gasteiger charge is -2.31. The second kappa shape index (κ2) is 11.9. The molecule has 0 aromatic heterocycles. The Balaban J connectivity index is 2.21. The highest BCUT2D eigenvalue weighted by Gasteiger charge is 2.42. The van der Waals surface area contributed by atoms with Crippen LogP contribution < -0.4 is 5.32 Å². The van der Waals surface area contributed by atoms with E-state index in [4.69, 9.17) is 26.4 Å². The lowest BCUT2D eigenvalue weighted by atomic mass is 9.86. The predicted octanol–water partition coefficient (Wildman–Crippen LogP) is 2.61. The molecule has 0 aliphatic carbocycles. The predicted molar refractivity (Wildman–Crippen MR) is 118 cm³/mol. The van der Waals surface area contributed by atoms with Gasteiger partial charge in [-0.3, -0.25) is 10.1 Å². The fourth-order valence-corrected chi connectivity index (χ4v) is 3.64. The minimum absolute atomic E-state index is 0.0287. The number of nitrogens with zero attached hydrogens (tertiary/aromatic N) is 1. The Hall–Kier alpha value is -3.54. The Morgan fingerprint density at radius 3 is 2.67 bits per heavy atom. The van der Waals surface area contributed by atoms with Crippen molar-refractivity contribution in [2.24, 2.45) is 5.92 Å². The summed E-state index contributed by atoms with van der Waals surface area (Å²) in [6.07, 6.45) is -2.33. The third-order valence-corrected chi connectivity index (χ3v) is 5.02. The molecule has 0 fully saturated rings. The number of allylic oxidation sites excluding steroid dienone is 1. The normalized spacial score (nSPS) is 16.3. The first-order valence-corrected chi connectivity index (χ1v) is 10.4. The van der Waals surface area contributed by atoms with Crippen molar-refractivity contribution in [2.45, 2.75) is 32.8 Å². The van der Waals surface area contributed by atoms with Crippen LogP contribution in [0.1, 0.15) is 25.8 Å². The topological polar surface area (TPSA) is 143 Å². The zero-order valence-electron chi connectivity index (χ0n) is 18.3. The molecule has 1 heterocycles. The van der Waals surface area contributed by atoms with Crippen molar-refractivity contribution in [1.29, 1.82) is 0 Å². The van der Waals surface area contributed by atoms with Crippen LogP contribution in [-0.2, 0) is 35.0 Å². The average molecular weight is 480 g/mol. The van der Waals surface area contributed by atoms with E-state index >= 15 is 0 Å². The molecule has 0 bridgehead atoms. The molecule has 1 aliphatic heterocycles. The van der Waals surface area contributed by atoms with Gasteiger partial charge in [-0.1, -0.05) is 24.4 Å². The number of nitrogens with one attached hydrogen (secondary N) is 1. The van der Waals surface area contributed by atoms with E-state index in [9.17, 15) is 24.5 Å². The first kappa shape index (κ1) is 25.7. The molecule has 11 nitrogen and oxygen atoms in total. The zero-order chi connectivity index (χ0) is 24.5. The summed E-state index contributed by atoms with van der Waals surface area (Å²) < 4.78 is 20.0. The third-order valence-electron chi connectivity index (χ3n) is 4.75. The Bertz CT molecular complexity index is 976. The minimum atomic E-state index is -1.48. The Kier molecular flexibility index (Phi) is 9.28. The lowest BCUT2D eigenvalue weighted by Crippen LogP contribution is -2.45. The quantitative estimate of drug-likeness (QED) is 0.183. The number of benzene rings is 1. The third kappa shape index (κ3) is 6.97. The highest BCUT2D eigenvalue weighted by molar-refractivity contribution is 7.80. The molecule has 178 valence electrons. The van der Waals surface area contributed by atoms with Crippen LogP contribution in [0.5, 0.6) is 0 Å². The highest BCUT2D eigenvalue weighted by Crippen LogP contribution is 2.30. The second-order valence-corrected chi connectivity index (χ2v) is 7.45. The van der Waals surface area contributed by atoms with E-state index in [1.54, 1.807) is 19.9 Å². The van der Waals surface area contributed by atoms with Crippen LogP contribution in [0.15, 0.2) is 35.5 Å². The summed E-state index contributed by atoms with van der Waals surface area (Å²) >= 11 is 5.22. The van der Waals surface area contributed by atoms with Crippen molar-refractivity contribution in [3.63, 3.8) is 0 Å². The van der Waals surface area contributed by atoms with Crippen molar-refractivity contribution in [3.05, 3.63) is 51.2 Å². The lowest BCUT2D eigenvalue weighted by molar-refractivity contribution is -0.384. The molecule has 2 atom stereocenters. The summed E-state index contributed by atoms with van der Waals surface area (Å²) in [6, 6.07) is 5.97. The summed E-state index contributed by atoms with van der Waals surface area (Å²) in [5.41, 5.74) is 0.962. The van der Waals surface area contributed by atoms with Gasteiger partial charge >= 0.3 is 18.1 Å². The van der Waals surface area contributed by atoms with Crippen LogP contribution in [0.25, 0.3) is 0 Å². The molecular formula is C21H24N2O9S. The number of nitro benzene ring substituents is 1. The molecular weight excluding hydrogens is 456 g/mol. The van der Waals surface area contributed by atoms with E-state index in [-0.39, 0.29) is 37.3 Å². The van der Waals surface area contributed by atoms with Crippen LogP contribution in [-0.4, -0.2) is 54.4 Å². The molecule has 0 spiro atoms. The molecule has 2 rings (SSSR count). The molecule has 2 unspecified atom stereocenters. The van der Waals surface area contributed by atoms with Crippen LogP contribution in [0, 0.1) is 16.0 Å². The smallest absolute Gasteiger partial charge is 0.463 e. The average Bonchev–Trinajstić information content (AvgIpc) is 2.76. The number of esters is 2. The number of thiocarbonyl (C=S) groups is 1. The van der Waals surface area contributed by atoms with Crippen molar-refractivity contribution in [3.8, 4) is 0 Å². The molecule has 1 aromatic carbocycles. The van der Waals surface area contributed by atoms with E-state index in [0.717, 1.165) is 7.11 Å². The molecule has 1 aliphatic rings. The van der Waals surface area contributed by atoms with Gasteiger partial charge in [0.05, 0.1) is 35.8 Å². The SMILES string of the molecule is CCOC(=O)C(OC(=O)OC)C1CC(=S)NC(C)=C1C(=O)OCCc1cccc([N+](=O)[O-])c1. The number of non-ortho nitro benzene ring substituents is 1. The van der Waals surface area contributed by atoms with Crippen molar-refractivity contribution >= 4 is 41.0 Å². The van der Waals surface area contributed by atoms with Crippen LogP contribution in [0.3, 0.4) is 0 Å². The van der Waals surface area contributed by atoms with Gasteiger partial charge in [-0.05, 0) is 19.4 Å².